The molecule has 0 atom stereocenters. The van der Waals surface area contributed by atoms with Gasteiger partial charge in [-0.15, -0.1) is 0 Å². The van der Waals surface area contributed by atoms with Gasteiger partial charge in [0, 0.05) is 52.6 Å². The number of hydrogen-bond acceptors (Lipinski definition) is 7. The van der Waals surface area contributed by atoms with Crippen LogP contribution in [0.25, 0.3) is 77.5 Å². The molecule has 6 aromatic carbocycles. The molecule has 1 aliphatic heterocycles. The molecule has 9 nitrogen and oxygen atoms in total. The highest BCUT2D eigenvalue weighted by Gasteiger charge is 2.27. The zero-order valence-corrected chi connectivity index (χ0v) is 28.4. The van der Waals surface area contributed by atoms with Crippen molar-refractivity contribution in [2.45, 2.75) is 0 Å². The van der Waals surface area contributed by atoms with Crippen LogP contribution in [0.15, 0.2) is 148 Å². The maximum Gasteiger partial charge on any atom is 0.221 e. The predicted molar refractivity (Wildman–Crippen MR) is 210 cm³/mol. The molecule has 5 aromatic heterocycles. The van der Waals surface area contributed by atoms with Crippen molar-refractivity contribution < 1.29 is 13.6 Å². The average Bonchev–Trinajstić information content (AvgIpc) is 3.99. The standard InChI is InChI=1S/C44H28N6O3/c1-47-25-48(35-14-6-5-13-34(35)47)26-20-31-30-24-39-29(28-10-2-7-15-38(28)52-39)23-40(30)53-43(31)41(21-26)51-27-17-18-36-37(22-27)50(42-16-8-9-19-45-42)44-46-32-11-3-4-12-33(32)49(36)44/h2-24H,25H2,1H3. The van der Waals surface area contributed by atoms with Gasteiger partial charge in [-0.25, -0.2) is 9.97 Å². The van der Waals surface area contributed by atoms with E-state index in [1.807, 2.05) is 60.7 Å². The predicted octanol–water partition coefficient (Wildman–Crippen LogP) is 11.0. The number of benzene rings is 6. The summed E-state index contributed by atoms with van der Waals surface area (Å²) >= 11 is 0. The van der Waals surface area contributed by atoms with Gasteiger partial charge in [-0.3, -0.25) is 8.97 Å². The van der Waals surface area contributed by atoms with E-state index in [1.165, 1.54) is 5.69 Å². The van der Waals surface area contributed by atoms with E-state index in [4.69, 9.17) is 23.5 Å². The number of hydrogen-bond donors (Lipinski definition) is 0. The Morgan fingerprint density at radius 2 is 1.42 bits per heavy atom. The molecule has 0 spiro atoms. The lowest BCUT2D eigenvalue weighted by atomic mass is 10.1. The first-order valence-corrected chi connectivity index (χ1v) is 17.6. The number of imidazole rings is 2. The topological polar surface area (TPSA) is 77.1 Å². The lowest BCUT2D eigenvalue weighted by Crippen LogP contribution is -2.23. The molecular weight excluding hydrogens is 661 g/mol. The van der Waals surface area contributed by atoms with E-state index in [-0.39, 0.29) is 0 Å². The zero-order chi connectivity index (χ0) is 34.8. The Labute approximate surface area is 301 Å². The molecule has 0 bridgehead atoms. The molecule has 0 saturated heterocycles. The molecule has 252 valence electrons. The summed E-state index contributed by atoms with van der Waals surface area (Å²) in [5.41, 5.74) is 10.3. The Morgan fingerprint density at radius 3 is 2.32 bits per heavy atom. The third-order valence-electron chi connectivity index (χ3n) is 10.5. The highest BCUT2D eigenvalue weighted by atomic mass is 16.5. The van der Waals surface area contributed by atoms with Crippen LogP contribution in [0.3, 0.4) is 0 Å². The van der Waals surface area contributed by atoms with Crippen LogP contribution in [0.1, 0.15) is 0 Å². The first-order valence-electron chi connectivity index (χ1n) is 17.6. The minimum atomic E-state index is 0.618. The fourth-order valence-corrected chi connectivity index (χ4v) is 8.16. The third-order valence-corrected chi connectivity index (χ3v) is 10.5. The van der Waals surface area contributed by atoms with Crippen molar-refractivity contribution in [3.63, 3.8) is 0 Å². The Balaban J connectivity index is 1.08. The highest BCUT2D eigenvalue weighted by molar-refractivity contribution is 6.16. The number of aromatic nitrogens is 4. The van der Waals surface area contributed by atoms with E-state index in [9.17, 15) is 0 Å². The maximum atomic E-state index is 6.92. The number of furan rings is 2. The van der Waals surface area contributed by atoms with Crippen LogP contribution in [0.2, 0.25) is 0 Å². The van der Waals surface area contributed by atoms with Gasteiger partial charge in [-0.05, 0) is 72.8 Å². The van der Waals surface area contributed by atoms with Crippen LogP contribution in [0.4, 0.5) is 17.1 Å². The molecule has 0 amide bonds. The van der Waals surface area contributed by atoms with Crippen molar-refractivity contribution >= 4 is 88.8 Å². The number of pyridine rings is 1. The summed E-state index contributed by atoms with van der Waals surface area (Å²) in [6.07, 6.45) is 1.80. The summed E-state index contributed by atoms with van der Waals surface area (Å²) in [5.74, 6) is 2.84. The molecule has 0 N–H and O–H groups in total. The quantitative estimate of drug-likeness (QED) is 0.182. The lowest BCUT2D eigenvalue weighted by molar-refractivity contribution is 0.477. The average molecular weight is 689 g/mol. The van der Waals surface area contributed by atoms with Gasteiger partial charge >= 0.3 is 0 Å². The monoisotopic (exact) mass is 688 g/mol. The van der Waals surface area contributed by atoms with Crippen LogP contribution in [-0.2, 0) is 0 Å². The minimum absolute atomic E-state index is 0.618. The summed E-state index contributed by atoms with van der Waals surface area (Å²) in [6, 6.07) is 45.3. The Hall–Kier alpha value is -7.26. The van der Waals surface area contributed by atoms with Crippen LogP contribution in [0.5, 0.6) is 11.5 Å². The molecule has 9 heteroatoms. The van der Waals surface area contributed by atoms with Crippen molar-refractivity contribution in [1.82, 2.24) is 18.9 Å². The summed E-state index contributed by atoms with van der Waals surface area (Å²) in [4.78, 5) is 14.3. The van der Waals surface area contributed by atoms with Crippen molar-refractivity contribution in [1.29, 1.82) is 0 Å². The van der Waals surface area contributed by atoms with Gasteiger partial charge in [0.15, 0.2) is 11.3 Å². The number of ether oxygens (including phenoxy) is 1. The number of para-hydroxylation sites is 5. The second-order valence-electron chi connectivity index (χ2n) is 13.6. The van der Waals surface area contributed by atoms with Crippen LogP contribution in [-0.4, -0.2) is 32.7 Å². The molecule has 6 heterocycles. The van der Waals surface area contributed by atoms with Crippen molar-refractivity contribution in [3.8, 4) is 17.3 Å². The van der Waals surface area contributed by atoms with Crippen molar-refractivity contribution in [2.75, 3.05) is 23.5 Å². The van der Waals surface area contributed by atoms with Gasteiger partial charge in [0.05, 0.1) is 40.1 Å². The largest absolute Gasteiger partial charge is 0.456 e. The number of fused-ring (bicyclic) bond motifs is 12. The molecule has 0 unspecified atom stereocenters. The van der Waals surface area contributed by atoms with E-state index in [2.05, 4.69) is 98.6 Å². The Morgan fingerprint density at radius 1 is 0.623 bits per heavy atom. The van der Waals surface area contributed by atoms with Crippen LogP contribution in [0, 0.1) is 0 Å². The normalized spacial score (nSPS) is 13.2. The molecular formula is C44H28N6O3. The second-order valence-corrected chi connectivity index (χ2v) is 13.6. The second kappa shape index (κ2) is 10.4. The van der Waals surface area contributed by atoms with Gasteiger partial charge in [-0.2, -0.15) is 0 Å². The van der Waals surface area contributed by atoms with E-state index < -0.39 is 0 Å². The summed E-state index contributed by atoms with van der Waals surface area (Å²) < 4.78 is 24.2. The smallest absolute Gasteiger partial charge is 0.221 e. The van der Waals surface area contributed by atoms with E-state index >= 15 is 0 Å². The number of nitrogens with zero attached hydrogens (tertiary/aromatic N) is 6. The minimum Gasteiger partial charge on any atom is -0.456 e. The van der Waals surface area contributed by atoms with Crippen LogP contribution < -0.4 is 14.5 Å². The van der Waals surface area contributed by atoms with E-state index in [1.54, 1.807) is 6.20 Å². The third kappa shape index (κ3) is 4.01. The van der Waals surface area contributed by atoms with Gasteiger partial charge in [0.2, 0.25) is 5.78 Å². The highest BCUT2D eigenvalue weighted by Crippen LogP contribution is 2.47. The molecule has 53 heavy (non-hydrogen) atoms. The Kier molecular flexibility index (Phi) is 5.58. The number of anilines is 3. The van der Waals surface area contributed by atoms with E-state index in [0.29, 0.717) is 23.8 Å². The fraction of sp³-hybridized carbons (Fsp3) is 0.0455. The van der Waals surface area contributed by atoms with Gasteiger partial charge in [0.25, 0.3) is 0 Å². The fourth-order valence-electron chi connectivity index (χ4n) is 8.16. The number of rotatable bonds is 4. The van der Waals surface area contributed by atoms with Crippen LogP contribution >= 0.6 is 0 Å². The zero-order valence-electron chi connectivity index (χ0n) is 28.4. The summed E-state index contributed by atoms with van der Waals surface area (Å²) in [7, 11) is 2.12. The van der Waals surface area contributed by atoms with Gasteiger partial charge in [0.1, 0.15) is 28.3 Å². The Bertz CT molecular complexity index is 3280. The molecule has 0 fully saturated rings. The first-order chi connectivity index (χ1) is 26.2. The van der Waals surface area contributed by atoms with Gasteiger partial charge in [-0.1, -0.05) is 48.5 Å². The molecule has 0 aliphatic carbocycles. The molecule has 11 aromatic rings. The van der Waals surface area contributed by atoms with E-state index in [0.717, 1.165) is 83.3 Å². The molecule has 12 rings (SSSR count). The SMILES string of the molecule is CN1CN(c2cc(Oc3ccc4c(c3)n(-c3ccccn3)c3nc5ccccc5n43)c3oc4cc5c(cc4c3c2)oc2ccccc25)c2ccccc21. The molecule has 0 saturated carbocycles. The van der Waals surface area contributed by atoms with Crippen molar-refractivity contribution in [3.05, 3.63) is 140 Å². The molecule has 1 aliphatic rings. The summed E-state index contributed by atoms with van der Waals surface area (Å²) in [6.45, 7) is 0.700. The van der Waals surface area contributed by atoms with Gasteiger partial charge < -0.3 is 23.4 Å². The van der Waals surface area contributed by atoms with Crippen molar-refractivity contribution in [2.24, 2.45) is 0 Å². The summed E-state index contributed by atoms with van der Waals surface area (Å²) in [5, 5.41) is 3.99. The maximum absolute atomic E-state index is 6.92. The first kappa shape index (κ1) is 28.4. The molecule has 0 radical (unpaired) electrons. The lowest BCUT2D eigenvalue weighted by Gasteiger charge is -2.20.